The van der Waals surface area contributed by atoms with Gasteiger partial charge >= 0.3 is 0 Å². The lowest BCUT2D eigenvalue weighted by atomic mass is 9.84. The predicted molar refractivity (Wildman–Crippen MR) is 84.3 cm³/mol. The van der Waals surface area contributed by atoms with Gasteiger partial charge in [0.2, 0.25) is 0 Å². The minimum atomic E-state index is -0.871. The number of rotatable bonds is 1. The Morgan fingerprint density at radius 2 is 1.86 bits per heavy atom. The van der Waals surface area contributed by atoms with Crippen molar-refractivity contribution in [3.05, 3.63) is 65.7 Å². The predicted octanol–water partition coefficient (Wildman–Crippen LogP) is 2.88. The number of ether oxygens (including phenoxy) is 1. The van der Waals surface area contributed by atoms with Crippen LogP contribution in [0.15, 0.2) is 54.6 Å². The van der Waals surface area contributed by atoms with Crippen molar-refractivity contribution in [2.75, 3.05) is 19.1 Å². The molecular formula is C18H18N2O2. The molecular weight excluding hydrogens is 276 g/mol. The van der Waals surface area contributed by atoms with Gasteiger partial charge in [0.25, 0.3) is 5.91 Å². The molecule has 1 amide bonds. The Labute approximate surface area is 129 Å². The van der Waals surface area contributed by atoms with E-state index in [1.165, 1.54) is 5.56 Å². The Kier molecular flexibility index (Phi) is 3.03. The molecule has 2 aromatic carbocycles. The van der Waals surface area contributed by atoms with Gasteiger partial charge in [-0.05, 0) is 18.7 Å². The molecule has 0 saturated carbocycles. The van der Waals surface area contributed by atoms with Gasteiger partial charge in [-0.2, -0.15) is 0 Å². The van der Waals surface area contributed by atoms with Crippen LogP contribution in [-0.4, -0.2) is 24.6 Å². The van der Waals surface area contributed by atoms with Crippen molar-refractivity contribution >= 4 is 11.6 Å². The molecule has 2 heterocycles. The highest BCUT2D eigenvalue weighted by molar-refractivity contribution is 6.05. The number of para-hydroxylation sites is 1. The molecule has 0 radical (unpaired) electrons. The maximum atomic E-state index is 12.6. The molecule has 4 rings (SSSR count). The normalized spacial score (nSPS) is 27.7. The van der Waals surface area contributed by atoms with E-state index in [2.05, 4.69) is 22.3 Å². The van der Waals surface area contributed by atoms with Crippen LogP contribution in [0.25, 0.3) is 0 Å². The highest BCUT2D eigenvalue weighted by Gasteiger charge is 2.52. The van der Waals surface area contributed by atoms with Gasteiger partial charge in [0, 0.05) is 23.7 Å². The number of hydrogen-bond donors (Lipinski definition) is 1. The van der Waals surface area contributed by atoms with Crippen LogP contribution in [0.4, 0.5) is 5.69 Å². The van der Waals surface area contributed by atoms with E-state index in [-0.39, 0.29) is 11.9 Å². The molecule has 22 heavy (non-hydrogen) atoms. The van der Waals surface area contributed by atoms with Gasteiger partial charge in [0.05, 0.1) is 0 Å². The molecule has 2 atom stereocenters. The standard InChI is InChI=1S/C18H18N2O2/c1-20-12-22-18(11-16(20)13-7-3-2-4-8-13)14-9-5-6-10-15(14)19-17(18)21/h2-10,16H,11-12H2,1H3,(H,19,21)/t16-,18+/m0/s1. The van der Waals surface area contributed by atoms with E-state index >= 15 is 0 Å². The smallest absolute Gasteiger partial charge is 0.261 e. The third kappa shape index (κ3) is 1.88. The van der Waals surface area contributed by atoms with Gasteiger partial charge < -0.3 is 10.1 Å². The van der Waals surface area contributed by atoms with Crippen LogP contribution in [0.5, 0.6) is 0 Å². The lowest BCUT2D eigenvalue weighted by molar-refractivity contribution is -0.173. The first-order valence-electron chi connectivity index (χ1n) is 7.51. The number of anilines is 1. The number of amides is 1. The second-order valence-corrected chi connectivity index (χ2v) is 5.99. The van der Waals surface area contributed by atoms with Crippen LogP contribution in [0.2, 0.25) is 0 Å². The highest BCUT2D eigenvalue weighted by Crippen LogP contribution is 2.47. The molecule has 0 aromatic heterocycles. The number of nitrogens with one attached hydrogen (secondary N) is 1. The maximum absolute atomic E-state index is 12.6. The minimum Gasteiger partial charge on any atom is -0.345 e. The Hall–Kier alpha value is -2.17. The fourth-order valence-electron chi connectivity index (χ4n) is 3.47. The molecule has 0 aliphatic carbocycles. The second kappa shape index (κ2) is 4.93. The first kappa shape index (κ1) is 13.5. The van der Waals surface area contributed by atoms with Crippen molar-refractivity contribution in [3.8, 4) is 0 Å². The summed E-state index contributed by atoms with van der Waals surface area (Å²) < 4.78 is 6.04. The Bertz CT molecular complexity index is 716. The molecule has 1 spiro atoms. The van der Waals surface area contributed by atoms with E-state index in [9.17, 15) is 4.79 Å². The van der Waals surface area contributed by atoms with Crippen molar-refractivity contribution in [1.82, 2.24) is 4.90 Å². The van der Waals surface area contributed by atoms with Gasteiger partial charge in [-0.1, -0.05) is 48.5 Å². The Morgan fingerprint density at radius 1 is 1.14 bits per heavy atom. The first-order chi connectivity index (χ1) is 10.7. The van der Waals surface area contributed by atoms with Gasteiger partial charge in [-0.15, -0.1) is 0 Å². The number of carbonyl (C=O) groups excluding carboxylic acids is 1. The third-order valence-electron chi connectivity index (χ3n) is 4.69. The van der Waals surface area contributed by atoms with Crippen molar-refractivity contribution < 1.29 is 9.53 Å². The number of benzene rings is 2. The van der Waals surface area contributed by atoms with E-state index in [4.69, 9.17) is 4.74 Å². The van der Waals surface area contributed by atoms with Crippen LogP contribution < -0.4 is 5.32 Å². The van der Waals surface area contributed by atoms with Gasteiger partial charge in [-0.25, -0.2) is 0 Å². The van der Waals surface area contributed by atoms with Crippen LogP contribution >= 0.6 is 0 Å². The summed E-state index contributed by atoms with van der Waals surface area (Å²) >= 11 is 0. The second-order valence-electron chi connectivity index (χ2n) is 5.99. The van der Waals surface area contributed by atoms with E-state index in [1.807, 2.05) is 49.5 Å². The van der Waals surface area contributed by atoms with Gasteiger partial charge in [-0.3, -0.25) is 9.69 Å². The minimum absolute atomic E-state index is 0.0530. The maximum Gasteiger partial charge on any atom is 0.261 e. The molecule has 0 bridgehead atoms. The Morgan fingerprint density at radius 3 is 2.68 bits per heavy atom. The first-order valence-corrected chi connectivity index (χ1v) is 7.51. The zero-order valence-electron chi connectivity index (χ0n) is 12.5. The number of nitrogens with zero attached hydrogens (tertiary/aromatic N) is 1. The van der Waals surface area contributed by atoms with Gasteiger partial charge in [0.1, 0.15) is 6.73 Å². The summed E-state index contributed by atoms with van der Waals surface area (Å²) in [5, 5.41) is 2.96. The van der Waals surface area contributed by atoms with Crippen LogP contribution in [0, 0.1) is 0 Å². The average Bonchev–Trinajstić information content (AvgIpc) is 2.83. The van der Waals surface area contributed by atoms with E-state index in [0.717, 1.165) is 11.3 Å². The lowest BCUT2D eigenvalue weighted by Gasteiger charge is -2.42. The fraction of sp³-hybridized carbons (Fsp3) is 0.278. The molecule has 112 valence electrons. The van der Waals surface area contributed by atoms with E-state index in [1.54, 1.807) is 0 Å². The topological polar surface area (TPSA) is 41.6 Å². The van der Waals surface area contributed by atoms with E-state index < -0.39 is 5.60 Å². The molecule has 4 nitrogen and oxygen atoms in total. The number of fused-ring (bicyclic) bond motifs is 2. The molecule has 2 aliphatic rings. The summed E-state index contributed by atoms with van der Waals surface area (Å²) in [6.45, 7) is 0.432. The fourth-order valence-corrected chi connectivity index (χ4v) is 3.47. The quantitative estimate of drug-likeness (QED) is 0.879. The summed E-state index contributed by atoms with van der Waals surface area (Å²) in [6, 6.07) is 18.3. The summed E-state index contributed by atoms with van der Waals surface area (Å²) in [5.74, 6) is -0.0530. The molecule has 2 aliphatic heterocycles. The van der Waals surface area contributed by atoms with Crippen molar-refractivity contribution in [2.24, 2.45) is 0 Å². The van der Waals surface area contributed by atoms with Crippen molar-refractivity contribution in [2.45, 2.75) is 18.1 Å². The van der Waals surface area contributed by atoms with Crippen LogP contribution in [-0.2, 0) is 15.1 Å². The summed E-state index contributed by atoms with van der Waals surface area (Å²) in [4.78, 5) is 14.8. The summed E-state index contributed by atoms with van der Waals surface area (Å²) in [5.41, 5.74) is 2.16. The van der Waals surface area contributed by atoms with Gasteiger partial charge in [0.15, 0.2) is 5.60 Å². The molecule has 4 heteroatoms. The third-order valence-corrected chi connectivity index (χ3v) is 4.69. The summed E-state index contributed by atoms with van der Waals surface area (Å²) in [6.07, 6.45) is 0.621. The van der Waals surface area contributed by atoms with Crippen LogP contribution in [0.3, 0.4) is 0 Å². The highest BCUT2D eigenvalue weighted by atomic mass is 16.5. The average molecular weight is 294 g/mol. The molecule has 1 N–H and O–H groups in total. The van der Waals surface area contributed by atoms with E-state index in [0.29, 0.717) is 13.2 Å². The number of hydrogen-bond acceptors (Lipinski definition) is 3. The van der Waals surface area contributed by atoms with Crippen molar-refractivity contribution in [1.29, 1.82) is 0 Å². The summed E-state index contributed by atoms with van der Waals surface area (Å²) in [7, 11) is 2.03. The number of carbonyl (C=O) groups is 1. The molecule has 2 aromatic rings. The van der Waals surface area contributed by atoms with Crippen LogP contribution in [0.1, 0.15) is 23.6 Å². The molecule has 1 saturated heterocycles. The zero-order valence-corrected chi connectivity index (χ0v) is 12.5. The molecule has 0 unspecified atom stereocenters. The lowest BCUT2D eigenvalue weighted by Crippen LogP contribution is -2.48. The Balaban J connectivity index is 1.76. The molecule has 1 fully saturated rings. The largest absolute Gasteiger partial charge is 0.345 e. The monoisotopic (exact) mass is 294 g/mol. The zero-order chi connectivity index (χ0) is 15.2. The van der Waals surface area contributed by atoms with Crippen molar-refractivity contribution in [3.63, 3.8) is 0 Å². The SMILES string of the molecule is CN1CO[C@@]2(C[C@H]1c1ccccc1)C(=O)Nc1ccccc12.